The molecule has 0 atom stereocenters. The maximum absolute atomic E-state index is 13.5. The fraction of sp³-hybridized carbons (Fsp3) is 0.0385. The molecule has 186 valence electrons. The average molecular weight is 520 g/mol. The zero-order valence-electron chi connectivity index (χ0n) is 19.0. The molecule has 0 amide bonds. The van der Waals surface area contributed by atoms with Crippen LogP contribution in [0.25, 0.3) is 27.9 Å². The molecule has 2 N–H and O–H groups in total. The maximum atomic E-state index is 13.5. The number of ether oxygens (including phenoxy) is 1. The van der Waals surface area contributed by atoms with E-state index in [2.05, 4.69) is 5.10 Å². The van der Waals surface area contributed by atoms with Gasteiger partial charge in [0.25, 0.3) is 0 Å². The lowest BCUT2D eigenvalue weighted by molar-refractivity contribution is 0.0462. The van der Waals surface area contributed by atoms with Crippen molar-refractivity contribution in [1.29, 1.82) is 0 Å². The number of fused-ring (bicyclic) bond motifs is 1. The van der Waals surface area contributed by atoms with E-state index in [9.17, 15) is 22.4 Å². The standard InChI is InChI=1S/C26H18FN3O6S/c27-18-7-5-16(6-8-18)23-14-19(29-30(23)20-9-11-21(12-10-20)37(28,33)34)15-35-25(31)22-13-17-3-1-2-4-24(17)36-26(22)32/h1-14H,15H2,(H2,28,33,34). The summed E-state index contributed by atoms with van der Waals surface area (Å²) in [6.45, 7) is -0.276. The van der Waals surface area contributed by atoms with Gasteiger partial charge in [-0.15, -0.1) is 0 Å². The third-order valence-electron chi connectivity index (χ3n) is 5.52. The normalized spacial score (nSPS) is 11.5. The Morgan fingerprint density at radius 3 is 2.41 bits per heavy atom. The molecule has 2 heterocycles. The van der Waals surface area contributed by atoms with Gasteiger partial charge in [-0.1, -0.05) is 18.2 Å². The van der Waals surface area contributed by atoms with E-state index in [4.69, 9.17) is 14.3 Å². The molecule has 0 fully saturated rings. The van der Waals surface area contributed by atoms with Crippen molar-refractivity contribution in [2.75, 3.05) is 0 Å². The molecular weight excluding hydrogens is 501 g/mol. The molecule has 11 heteroatoms. The van der Waals surface area contributed by atoms with Crippen molar-refractivity contribution >= 4 is 27.0 Å². The number of nitrogens with two attached hydrogens (primary N) is 1. The number of aromatic nitrogens is 2. The molecule has 0 spiro atoms. The first-order valence-corrected chi connectivity index (χ1v) is 12.4. The Labute approximate surface area is 209 Å². The molecule has 0 aliphatic heterocycles. The monoisotopic (exact) mass is 519 g/mol. The highest BCUT2D eigenvalue weighted by Gasteiger charge is 2.18. The summed E-state index contributed by atoms with van der Waals surface area (Å²) in [6.07, 6.45) is 0. The number of para-hydroxylation sites is 1. The van der Waals surface area contributed by atoms with E-state index in [1.807, 2.05) is 0 Å². The van der Waals surface area contributed by atoms with Gasteiger partial charge in [0.2, 0.25) is 10.0 Å². The third-order valence-corrected chi connectivity index (χ3v) is 6.45. The van der Waals surface area contributed by atoms with Gasteiger partial charge in [-0.05, 0) is 66.7 Å². The largest absolute Gasteiger partial charge is 0.455 e. The van der Waals surface area contributed by atoms with Crippen molar-refractivity contribution in [3.63, 3.8) is 0 Å². The van der Waals surface area contributed by atoms with Gasteiger partial charge in [0.05, 0.1) is 16.3 Å². The quantitative estimate of drug-likeness (QED) is 0.266. The summed E-state index contributed by atoms with van der Waals surface area (Å²) in [4.78, 5) is 24.9. The van der Waals surface area contributed by atoms with Crippen molar-refractivity contribution in [3.8, 4) is 16.9 Å². The highest BCUT2D eigenvalue weighted by Crippen LogP contribution is 2.26. The van der Waals surface area contributed by atoms with Gasteiger partial charge in [0.15, 0.2) is 0 Å². The van der Waals surface area contributed by atoms with Crippen LogP contribution in [0.3, 0.4) is 0 Å². The van der Waals surface area contributed by atoms with Gasteiger partial charge in [-0.25, -0.2) is 32.2 Å². The molecule has 37 heavy (non-hydrogen) atoms. The number of carbonyl (C=O) groups is 1. The molecular formula is C26H18FN3O6S. The molecule has 0 saturated heterocycles. The van der Waals surface area contributed by atoms with Crippen LogP contribution >= 0.6 is 0 Å². The smallest absolute Gasteiger partial charge is 0.351 e. The number of primary sulfonamides is 1. The molecule has 3 aromatic carbocycles. The van der Waals surface area contributed by atoms with Crippen molar-refractivity contribution in [1.82, 2.24) is 9.78 Å². The van der Waals surface area contributed by atoms with Crippen molar-refractivity contribution in [2.24, 2.45) is 5.14 Å². The highest BCUT2D eigenvalue weighted by molar-refractivity contribution is 7.89. The van der Waals surface area contributed by atoms with Gasteiger partial charge in [0, 0.05) is 10.9 Å². The van der Waals surface area contributed by atoms with Crippen LogP contribution in [0, 0.1) is 5.82 Å². The minimum Gasteiger partial charge on any atom is -0.455 e. The molecule has 0 bridgehead atoms. The zero-order chi connectivity index (χ0) is 26.2. The number of rotatable bonds is 6. The number of hydrogen-bond donors (Lipinski definition) is 1. The first-order valence-electron chi connectivity index (χ1n) is 10.9. The van der Waals surface area contributed by atoms with Crippen molar-refractivity contribution < 1.29 is 26.8 Å². The zero-order valence-corrected chi connectivity index (χ0v) is 19.8. The molecule has 5 rings (SSSR count). The fourth-order valence-electron chi connectivity index (χ4n) is 3.72. The van der Waals surface area contributed by atoms with E-state index < -0.39 is 27.4 Å². The molecule has 0 aliphatic carbocycles. The van der Waals surface area contributed by atoms with Crippen LogP contribution < -0.4 is 10.8 Å². The summed E-state index contributed by atoms with van der Waals surface area (Å²) >= 11 is 0. The Balaban J connectivity index is 1.46. The van der Waals surface area contributed by atoms with Gasteiger partial charge >= 0.3 is 11.6 Å². The number of hydrogen-bond acceptors (Lipinski definition) is 7. The lowest BCUT2D eigenvalue weighted by Crippen LogP contribution is -2.16. The first-order chi connectivity index (χ1) is 17.7. The Bertz CT molecular complexity index is 1790. The predicted molar refractivity (Wildman–Crippen MR) is 132 cm³/mol. The first kappa shape index (κ1) is 24.1. The molecule has 0 radical (unpaired) electrons. The number of carbonyl (C=O) groups excluding carboxylic acids is 1. The minimum absolute atomic E-state index is 0.0740. The van der Waals surface area contributed by atoms with E-state index in [1.165, 1.54) is 47.1 Å². The number of benzene rings is 3. The third kappa shape index (κ3) is 5.03. The second kappa shape index (κ2) is 9.45. The highest BCUT2D eigenvalue weighted by atomic mass is 32.2. The number of nitrogens with zero attached hydrogens (tertiary/aromatic N) is 2. The number of halogens is 1. The predicted octanol–water partition coefficient (Wildman–Crippen LogP) is 3.79. The Morgan fingerprint density at radius 2 is 1.70 bits per heavy atom. The Hall–Kier alpha value is -4.61. The van der Waals surface area contributed by atoms with E-state index >= 15 is 0 Å². The van der Waals surface area contributed by atoms with Crippen LogP contribution in [0.5, 0.6) is 0 Å². The molecule has 0 aliphatic rings. The molecule has 5 aromatic rings. The summed E-state index contributed by atoms with van der Waals surface area (Å²) in [6, 6.07) is 21.2. The van der Waals surface area contributed by atoms with Gasteiger partial charge < -0.3 is 9.15 Å². The van der Waals surface area contributed by atoms with E-state index in [-0.39, 0.29) is 17.1 Å². The van der Waals surface area contributed by atoms with Gasteiger partial charge in [-0.2, -0.15) is 5.10 Å². The summed E-state index contributed by atoms with van der Waals surface area (Å²) in [5.74, 6) is -1.30. The van der Waals surface area contributed by atoms with Crippen molar-refractivity contribution in [2.45, 2.75) is 11.5 Å². The summed E-state index contributed by atoms with van der Waals surface area (Å²) in [5, 5.41) is 10.2. The Kier molecular flexibility index (Phi) is 6.15. The molecule has 0 saturated carbocycles. The van der Waals surface area contributed by atoms with E-state index in [1.54, 1.807) is 42.5 Å². The van der Waals surface area contributed by atoms with Crippen LogP contribution in [0.2, 0.25) is 0 Å². The summed E-state index contributed by atoms with van der Waals surface area (Å²) in [7, 11) is -3.89. The van der Waals surface area contributed by atoms with E-state index in [0.29, 0.717) is 33.6 Å². The number of esters is 1. The second-order valence-electron chi connectivity index (χ2n) is 8.04. The maximum Gasteiger partial charge on any atom is 0.351 e. The van der Waals surface area contributed by atoms with E-state index in [0.717, 1.165) is 0 Å². The average Bonchev–Trinajstić information content (AvgIpc) is 3.31. The lowest BCUT2D eigenvalue weighted by Gasteiger charge is -2.08. The van der Waals surface area contributed by atoms with Crippen LogP contribution in [0.4, 0.5) is 4.39 Å². The van der Waals surface area contributed by atoms with Crippen LogP contribution in [-0.4, -0.2) is 24.2 Å². The Morgan fingerprint density at radius 1 is 1.00 bits per heavy atom. The van der Waals surface area contributed by atoms with Crippen LogP contribution in [0.15, 0.2) is 99.0 Å². The second-order valence-corrected chi connectivity index (χ2v) is 9.60. The van der Waals surface area contributed by atoms with Gasteiger partial charge in [0.1, 0.15) is 29.3 Å². The summed E-state index contributed by atoms with van der Waals surface area (Å²) < 4.78 is 48.7. The molecule has 0 unspecified atom stereocenters. The molecule has 2 aromatic heterocycles. The topological polar surface area (TPSA) is 134 Å². The number of sulfonamides is 1. The fourth-order valence-corrected chi connectivity index (χ4v) is 4.24. The van der Waals surface area contributed by atoms with Crippen LogP contribution in [-0.2, 0) is 21.4 Å². The SMILES string of the molecule is NS(=O)(=O)c1ccc(-n2nc(COC(=O)c3cc4ccccc4oc3=O)cc2-c2ccc(F)cc2)cc1. The molecule has 9 nitrogen and oxygen atoms in total. The van der Waals surface area contributed by atoms with Gasteiger partial charge in [-0.3, -0.25) is 0 Å². The lowest BCUT2D eigenvalue weighted by atomic mass is 10.1. The minimum atomic E-state index is -3.89. The van der Waals surface area contributed by atoms with Crippen molar-refractivity contribution in [3.05, 3.63) is 112 Å². The summed E-state index contributed by atoms with van der Waals surface area (Å²) in [5.41, 5.74) is 1.22. The van der Waals surface area contributed by atoms with Crippen LogP contribution in [0.1, 0.15) is 16.1 Å².